The SMILES string of the molecule is O=c1sccn1Cc1nnc2n1CCCCC2. The standard InChI is InChI=1S/C11H14N4OS/c16-11-14(6-7-17-11)8-10-13-12-9-4-2-1-3-5-15(9)10/h6-7H,1-5,8H2. The molecule has 0 aromatic carbocycles. The Balaban J connectivity index is 1.91. The topological polar surface area (TPSA) is 52.7 Å². The zero-order chi connectivity index (χ0) is 11.7. The second-order valence-electron chi connectivity index (χ2n) is 4.29. The molecule has 0 bridgehead atoms. The van der Waals surface area contributed by atoms with Crippen LogP contribution in [0.2, 0.25) is 0 Å². The van der Waals surface area contributed by atoms with Gasteiger partial charge in [-0.15, -0.1) is 10.2 Å². The number of hydrogen-bond acceptors (Lipinski definition) is 4. The molecule has 0 saturated heterocycles. The highest BCUT2D eigenvalue weighted by Gasteiger charge is 2.15. The van der Waals surface area contributed by atoms with Gasteiger partial charge in [-0.25, -0.2) is 0 Å². The van der Waals surface area contributed by atoms with E-state index in [1.54, 1.807) is 4.57 Å². The molecule has 0 radical (unpaired) electrons. The van der Waals surface area contributed by atoms with Crippen LogP contribution >= 0.6 is 11.3 Å². The second-order valence-corrected chi connectivity index (χ2v) is 5.15. The monoisotopic (exact) mass is 250 g/mol. The Labute approximate surface area is 103 Å². The maximum absolute atomic E-state index is 11.5. The molecule has 0 atom stereocenters. The second kappa shape index (κ2) is 4.44. The number of aromatic nitrogens is 4. The lowest BCUT2D eigenvalue weighted by Crippen LogP contribution is -2.16. The Kier molecular flexibility index (Phi) is 2.80. The van der Waals surface area contributed by atoms with Crippen LogP contribution in [0.5, 0.6) is 0 Å². The van der Waals surface area contributed by atoms with Crippen LogP contribution in [0.4, 0.5) is 0 Å². The highest BCUT2D eigenvalue weighted by atomic mass is 32.1. The molecule has 0 spiro atoms. The molecule has 5 nitrogen and oxygen atoms in total. The van der Waals surface area contributed by atoms with Gasteiger partial charge >= 0.3 is 4.87 Å². The minimum Gasteiger partial charge on any atom is -0.313 e. The zero-order valence-corrected chi connectivity index (χ0v) is 10.3. The lowest BCUT2D eigenvalue weighted by molar-refractivity contribution is 0.587. The molecule has 2 aromatic rings. The Bertz CT molecular complexity index is 568. The first-order chi connectivity index (χ1) is 8.34. The van der Waals surface area contributed by atoms with Crippen LogP contribution in [0.15, 0.2) is 16.4 Å². The lowest BCUT2D eigenvalue weighted by Gasteiger charge is -2.06. The van der Waals surface area contributed by atoms with Crippen LogP contribution in [-0.2, 0) is 19.5 Å². The van der Waals surface area contributed by atoms with Crippen LogP contribution in [0.25, 0.3) is 0 Å². The number of hydrogen-bond donors (Lipinski definition) is 0. The van der Waals surface area contributed by atoms with Crippen molar-refractivity contribution < 1.29 is 0 Å². The Morgan fingerprint density at radius 2 is 2.24 bits per heavy atom. The summed E-state index contributed by atoms with van der Waals surface area (Å²) in [5, 5.41) is 10.2. The molecule has 17 heavy (non-hydrogen) atoms. The van der Waals surface area contributed by atoms with E-state index in [9.17, 15) is 4.79 Å². The highest BCUT2D eigenvalue weighted by Crippen LogP contribution is 2.14. The number of nitrogens with zero attached hydrogens (tertiary/aromatic N) is 4. The Morgan fingerprint density at radius 3 is 3.06 bits per heavy atom. The lowest BCUT2D eigenvalue weighted by atomic mass is 10.2. The highest BCUT2D eigenvalue weighted by molar-refractivity contribution is 7.07. The van der Waals surface area contributed by atoms with Gasteiger partial charge in [0.25, 0.3) is 0 Å². The molecule has 1 aliphatic heterocycles. The van der Waals surface area contributed by atoms with E-state index in [4.69, 9.17) is 0 Å². The molecular formula is C11H14N4OS. The van der Waals surface area contributed by atoms with Gasteiger partial charge in [0.05, 0.1) is 6.54 Å². The van der Waals surface area contributed by atoms with Gasteiger partial charge in [0.1, 0.15) is 5.82 Å². The van der Waals surface area contributed by atoms with Gasteiger partial charge in [0.2, 0.25) is 0 Å². The fourth-order valence-corrected chi connectivity index (χ4v) is 2.81. The summed E-state index contributed by atoms with van der Waals surface area (Å²) in [7, 11) is 0. The predicted molar refractivity (Wildman–Crippen MR) is 65.3 cm³/mol. The van der Waals surface area contributed by atoms with Gasteiger partial charge in [0.15, 0.2) is 5.82 Å². The first kappa shape index (κ1) is 10.7. The van der Waals surface area contributed by atoms with E-state index < -0.39 is 0 Å². The minimum atomic E-state index is 0.0657. The number of rotatable bonds is 2. The van der Waals surface area contributed by atoms with Gasteiger partial charge in [-0.2, -0.15) is 0 Å². The van der Waals surface area contributed by atoms with Crippen molar-refractivity contribution in [2.24, 2.45) is 0 Å². The van der Waals surface area contributed by atoms with Crippen molar-refractivity contribution in [1.82, 2.24) is 19.3 Å². The molecule has 0 N–H and O–H groups in total. The molecule has 1 aliphatic rings. The smallest absolute Gasteiger partial charge is 0.307 e. The van der Waals surface area contributed by atoms with Crippen molar-refractivity contribution in [3.8, 4) is 0 Å². The van der Waals surface area contributed by atoms with Crippen LogP contribution in [0, 0.1) is 0 Å². The Morgan fingerprint density at radius 1 is 1.29 bits per heavy atom. The summed E-state index contributed by atoms with van der Waals surface area (Å²) in [6.07, 6.45) is 6.44. The number of fused-ring (bicyclic) bond motifs is 1. The summed E-state index contributed by atoms with van der Waals surface area (Å²) in [5.41, 5.74) is 0. The first-order valence-corrected chi connectivity index (χ1v) is 6.77. The summed E-state index contributed by atoms with van der Waals surface area (Å²) < 4.78 is 3.87. The first-order valence-electron chi connectivity index (χ1n) is 5.89. The molecule has 3 rings (SSSR count). The third-order valence-corrected chi connectivity index (χ3v) is 3.84. The van der Waals surface area contributed by atoms with Gasteiger partial charge in [-0.3, -0.25) is 9.36 Å². The van der Waals surface area contributed by atoms with E-state index in [0.29, 0.717) is 6.54 Å². The van der Waals surface area contributed by atoms with E-state index in [0.717, 1.165) is 24.6 Å². The van der Waals surface area contributed by atoms with Crippen molar-refractivity contribution in [3.63, 3.8) is 0 Å². The number of thiazole rings is 1. The fourth-order valence-electron chi connectivity index (χ4n) is 2.22. The molecule has 0 saturated carbocycles. The third kappa shape index (κ3) is 2.04. The van der Waals surface area contributed by atoms with E-state index in [1.807, 2.05) is 11.6 Å². The maximum Gasteiger partial charge on any atom is 0.307 e. The van der Waals surface area contributed by atoms with Crippen molar-refractivity contribution in [2.75, 3.05) is 0 Å². The van der Waals surface area contributed by atoms with Gasteiger partial charge < -0.3 is 4.57 Å². The summed E-state index contributed by atoms with van der Waals surface area (Å²) in [4.78, 5) is 11.6. The molecule has 0 amide bonds. The van der Waals surface area contributed by atoms with Gasteiger partial charge in [-0.05, 0) is 12.8 Å². The maximum atomic E-state index is 11.5. The molecule has 0 unspecified atom stereocenters. The van der Waals surface area contributed by atoms with E-state index in [1.165, 1.54) is 30.6 Å². The average molecular weight is 250 g/mol. The minimum absolute atomic E-state index is 0.0657. The largest absolute Gasteiger partial charge is 0.313 e. The molecular weight excluding hydrogens is 236 g/mol. The average Bonchev–Trinajstić information content (AvgIpc) is 2.81. The van der Waals surface area contributed by atoms with Crippen molar-refractivity contribution in [3.05, 3.63) is 32.9 Å². The number of aryl methyl sites for hydroxylation is 1. The van der Waals surface area contributed by atoms with Gasteiger partial charge in [0, 0.05) is 24.5 Å². The third-order valence-electron chi connectivity index (χ3n) is 3.14. The van der Waals surface area contributed by atoms with E-state index in [2.05, 4.69) is 14.8 Å². The van der Waals surface area contributed by atoms with Crippen molar-refractivity contribution in [2.45, 2.75) is 38.8 Å². The van der Waals surface area contributed by atoms with Crippen LogP contribution in [0.3, 0.4) is 0 Å². The summed E-state index contributed by atoms with van der Waals surface area (Å²) in [5.74, 6) is 1.98. The molecule has 90 valence electrons. The fraction of sp³-hybridized carbons (Fsp3) is 0.545. The summed E-state index contributed by atoms with van der Waals surface area (Å²) in [6.45, 7) is 1.52. The normalized spacial score (nSPS) is 15.5. The molecule has 0 fully saturated rings. The predicted octanol–water partition coefficient (Wildman–Crippen LogP) is 1.28. The molecule has 0 aliphatic carbocycles. The summed E-state index contributed by atoms with van der Waals surface area (Å²) in [6, 6.07) is 0. The summed E-state index contributed by atoms with van der Waals surface area (Å²) >= 11 is 1.22. The van der Waals surface area contributed by atoms with Crippen molar-refractivity contribution in [1.29, 1.82) is 0 Å². The Hall–Kier alpha value is -1.43. The quantitative estimate of drug-likeness (QED) is 0.806. The van der Waals surface area contributed by atoms with Gasteiger partial charge in [-0.1, -0.05) is 17.8 Å². The van der Waals surface area contributed by atoms with E-state index in [-0.39, 0.29) is 4.87 Å². The van der Waals surface area contributed by atoms with E-state index >= 15 is 0 Å². The zero-order valence-electron chi connectivity index (χ0n) is 9.50. The molecule has 2 aromatic heterocycles. The van der Waals surface area contributed by atoms with Crippen LogP contribution in [0.1, 0.15) is 30.9 Å². The van der Waals surface area contributed by atoms with Crippen LogP contribution < -0.4 is 4.87 Å². The van der Waals surface area contributed by atoms with Crippen molar-refractivity contribution >= 4 is 11.3 Å². The molecule has 3 heterocycles. The molecule has 6 heteroatoms. The van der Waals surface area contributed by atoms with Crippen LogP contribution in [-0.4, -0.2) is 19.3 Å².